The van der Waals surface area contributed by atoms with Crippen molar-refractivity contribution in [3.63, 3.8) is 0 Å². The first-order valence-corrected chi connectivity index (χ1v) is 7.77. The summed E-state index contributed by atoms with van der Waals surface area (Å²) in [5.74, 6) is -2.10. The number of carboxylic acids is 1. The van der Waals surface area contributed by atoms with E-state index in [2.05, 4.69) is 25.3 Å². The minimum absolute atomic E-state index is 0.131. The summed E-state index contributed by atoms with van der Waals surface area (Å²) < 4.78 is 0. The second-order valence-electron chi connectivity index (χ2n) is 5.66. The molecule has 0 atom stereocenters. The van der Waals surface area contributed by atoms with Gasteiger partial charge >= 0.3 is 5.97 Å². The third-order valence-corrected chi connectivity index (χ3v) is 3.68. The fraction of sp³-hybridized carbons (Fsp3) is 0.176. The van der Waals surface area contributed by atoms with Gasteiger partial charge in [0, 0.05) is 12.1 Å². The van der Waals surface area contributed by atoms with E-state index in [1.54, 1.807) is 37.4 Å². The van der Waals surface area contributed by atoms with E-state index in [1.165, 1.54) is 0 Å². The first-order chi connectivity index (χ1) is 12.4. The summed E-state index contributed by atoms with van der Waals surface area (Å²) in [7, 11) is 0. The second-order valence-corrected chi connectivity index (χ2v) is 5.66. The molecule has 9 heteroatoms. The molecule has 9 nitrogen and oxygen atoms in total. The number of carbonyl (C=O) groups excluding carboxylic acids is 1. The monoisotopic (exact) mass is 352 g/mol. The number of Topliss-reactive ketones (excluding diaryl/α,β-unsaturated/α-hetero) is 1. The van der Waals surface area contributed by atoms with Crippen molar-refractivity contribution in [2.24, 2.45) is 0 Å². The minimum atomic E-state index is -1.43. The van der Waals surface area contributed by atoms with Crippen LogP contribution in [-0.4, -0.2) is 36.8 Å². The molecule has 3 rings (SSSR count). The molecule has 0 amide bonds. The van der Waals surface area contributed by atoms with Crippen molar-refractivity contribution in [3.05, 3.63) is 47.4 Å². The second kappa shape index (κ2) is 7.09. The number of fused-ring (bicyclic) bond motifs is 1. The maximum Gasteiger partial charge on any atom is 0.372 e. The van der Waals surface area contributed by atoms with Crippen molar-refractivity contribution in [2.45, 2.75) is 19.9 Å². The normalized spacial score (nSPS) is 10.7. The van der Waals surface area contributed by atoms with Gasteiger partial charge in [-0.25, -0.2) is 19.7 Å². The molecular formula is C17H16N6O3. The molecule has 2 aromatic heterocycles. The van der Waals surface area contributed by atoms with Crippen molar-refractivity contribution in [3.8, 4) is 0 Å². The van der Waals surface area contributed by atoms with Crippen molar-refractivity contribution >= 4 is 34.6 Å². The number of carbonyl (C=O) groups is 2. The highest BCUT2D eigenvalue weighted by Crippen LogP contribution is 2.14. The van der Waals surface area contributed by atoms with Gasteiger partial charge in [-0.05, 0) is 24.6 Å². The summed E-state index contributed by atoms with van der Waals surface area (Å²) in [6.07, 6.45) is 1.48. The number of rotatable bonds is 6. The first kappa shape index (κ1) is 17.2. The van der Waals surface area contributed by atoms with Gasteiger partial charge in [0.25, 0.3) is 0 Å². The van der Waals surface area contributed by atoms with E-state index < -0.39 is 11.8 Å². The molecule has 0 bridgehead atoms. The van der Waals surface area contributed by atoms with E-state index in [1.807, 2.05) is 0 Å². The number of aryl methyl sites for hydroxylation is 1. The standard InChI is InChI=1S/C17H16N6O3/c1-9-14-15(23-17(18)21-9)20-8-12(22-14)7-19-11-4-2-10(3-5-11)6-13(24)16(25)26/h2-5,8,19H,6-7H2,1H3,(H,25,26)(H2,18,20,21,23). The number of nitrogen functional groups attached to an aromatic ring is 1. The van der Waals surface area contributed by atoms with Crippen molar-refractivity contribution in [1.29, 1.82) is 0 Å². The summed E-state index contributed by atoms with van der Waals surface area (Å²) in [4.78, 5) is 38.7. The largest absolute Gasteiger partial charge is 0.475 e. The highest BCUT2D eigenvalue weighted by Gasteiger charge is 2.12. The molecule has 132 valence electrons. The van der Waals surface area contributed by atoms with Crippen LogP contribution in [0.2, 0.25) is 0 Å². The van der Waals surface area contributed by atoms with Gasteiger partial charge in [-0.1, -0.05) is 12.1 Å². The highest BCUT2D eigenvalue weighted by atomic mass is 16.4. The van der Waals surface area contributed by atoms with Crippen LogP contribution in [0, 0.1) is 6.92 Å². The summed E-state index contributed by atoms with van der Waals surface area (Å²) >= 11 is 0. The van der Waals surface area contributed by atoms with E-state index in [0.29, 0.717) is 34.7 Å². The van der Waals surface area contributed by atoms with Crippen LogP contribution in [-0.2, 0) is 22.6 Å². The number of hydrogen-bond acceptors (Lipinski definition) is 8. The minimum Gasteiger partial charge on any atom is -0.475 e. The van der Waals surface area contributed by atoms with E-state index in [-0.39, 0.29) is 12.4 Å². The number of nitrogens with one attached hydrogen (secondary N) is 1. The molecule has 0 saturated carbocycles. The zero-order valence-electron chi connectivity index (χ0n) is 13.9. The van der Waals surface area contributed by atoms with E-state index in [4.69, 9.17) is 10.8 Å². The molecule has 0 aliphatic rings. The fourth-order valence-electron chi connectivity index (χ4n) is 2.38. The number of ketones is 1. The Morgan fingerprint density at radius 2 is 1.88 bits per heavy atom. The van der Waals surface area contributed by atoms with Crippen LogP contribution in [0.1, 0.15) is 17.0 Å². The van der Waals surface area contributed by atoms with Gasteiger partial charge in [0.1, 0.15) is 5.52 Å². The van der Waals surface area contributed by atoms with Crippen molar-refractivity contribution < 1.29 is 14.7 Å². The zero-order valence-corrected chi connectivity index (χ0v) is 13.9. The Morgan fingerprint density at radius 3 is 2.58 bits per heavy atom. The van der Waals surface area contributed by atoms with Crippen LogP contribution < -0.4 is 11.1 Å². The SMILES string of the molecule is Cc1nc(N)nc2ncc(CNc3ccc(CC(=O)C(=O)O)cc3)nc12. The van der Waals surface area contributed by atoms with Gasteiger partial charge in [-0.3, -0.25) is 4.79 Å². The van der Waals surface area contributed by atoms with Crippen LogP contribution in [0.15, 0.2) is 30.5 Å². The Labute approximate surface area is 148 Å². The maximum atomic E-state index is 11.2. The van der Waals surface area contributed by atoms with Crippen molar-refractivity contribution in [2.75, 3.05) is 11.1 Å². The number of carboxylic acid groups (broad SMARTS) is 1. The number of nitrogens with two attached hydrogens (primary N) is 1. The molecule has 26 heavy (non-hydrogen) atoms. The number of benzene rings is 1. The molecule has 4 N–H and O–H groups in total. The quantitative estimate of drug-likeness (QED) is 0.556. The van der Waals surface area contributed by atoms with Gasteiger partial charge in [-0.2, -0.15) is 4.98 Å². The Morgan fingerprint density at radius 1 is 1.15 bits per heavy atom. The maximum absolute atomic E-state index is 11.2. The average Bonchev–Trinajstić information content (AvgIpc) is 2.61. The lowest BCUT2D eigenvalue weighted by atomic mass is 10.1. The van der Waals surface area contributed by atoms with E-state index in [0.717, 1.165) is 5.69 Å². The fourth-order valence-corrected chi connectivity index (χ4v) is 2.38. The number of aliphatic carboxylic acids is 1. The number of hydrogen-bond donors (Lipinski definition) is 3. The highest BCUT2D eigenvalue weighted by molar-refractivity contribution is 6.33. The van der Waals surface area contributed by atoms with Gasteiger partial charge in [0.05, 0.1) is 24.1 Å². The molecule has 0 aliphatic carbocycles. The van der Waals surface area contributed by atoms with Crippen LogP contribution in [0.25, 0.3) is 11.2 Å². The Kier molecular flexibility index (Phi) is 4.70. The van der Waals surface area contributed by atoms with Crippen molar-refractivity contribution in [1.82, 2.24) is 19.9 Å². The predicted octanol–water partition coefficient (Wildman–Crippen LogP) is 1.12. The molecule has 2 heterocycles. The van der Waals surface area contributed by atoms with E-state index in [9.17, 15) is 9.59 Å². The number of nitrogens with zero attached hydrogens (tertiary/aromatic N) is 4. The molecule has 0 saturated heterocycles. The lowest BCUT2D eigenvalue weighted by Gasteiger charge is -2.08. The lowest BCUT2D eigenvalue weighted by Crippen LogP contribution is -2.14. The molecule has 0 spiro atoms. The van der Waals surface area contributed by atoms with Crippen LogP contribution >= 0.6 is 0 Å². The average molecular weight is 352 g/mol. The molecule has 0 radical (unpaired) electrons. The number of anilines is 2. The Hall–Kier alpha value is -3.62. The Bertz CT molecular complexity index is 988. The summed E-state index contributed by atoms with van der Waals surface area (Å²) in [5, 5.41) is 11.8. The molecular weight excluding hydrogens is 336 g/mol. The van der Waals surface area contributed by atoms with Crippen LogP contribution in [0.5, 0.6) is 0 Å². The van der Waals surface area contributed by atoms with Crippen LogP contribution in [0.4, 0.5) is 11.6 Å². The Balaban J connectivity index is 1.68. The molecule has 0 unspecified atom stereocenters. The van der Waals surface area contributed by atoms with Gasteiger partial charge in [-0.15, -0.1) is 0 Å². The molecule has 0 fully saturated rings. The summed E-state index contributed by atoms with van der Waals surface area (Å²) in [5.41, 5.74) is 9.46. The zero-order chi connectivity index (χ0) is 18.7. The predicted molar refractivity (Wildman–Crippen MR) is 94.4 cm³/mol. The van der Waals surface area contributed by atoms with Crippen LogP contribution in [0.3, 0.4) is 0 Å². The smallest absolute Gasteiger partial charge is 0.372 e. The topological polar surface area (TPSA) is 144 Å². The third-order valence-electron chi connectivity index (χ3n) is 3.68. The van der Waals surface area contributed by atoms with E-state index >= 15 is 0 Å². The summed E-state index contributed by atoms with van der Waals surface area (Å²) in [6, 6.07) is 6.95. The lowest BCUT2D eigenvalue weighted by molar-refractivity contribution is -0.148. The molecule has 0 aliphatic heterocycles. The van der Waals surface area contributed by atoms with Gasteiger partial charge in [0.15, 0.2) is 5.65 Å². The first-order valence-electron chi connectivity index (χ1n) is 7.77. The van der Waals surface area contributed by atoms with Gasteiger partial charge in [0.2, 0.25) is 11.7 Å². The third kappa shape index (κ3) is 3.89. The molecule has 1 aromatic carbocycles. The number of aromatic nitrogens is 4. The molecule has 3 aromatic rings. The van der Waals surface area contributed by atoms with Gasteiger partial charge < -0.3 is 16.2 Å². The summed E-state index contributed by atoms with van der Waals surface area (Å²) in [6.45, 7) is 2.23.